The van der Waals surface area contributed by atoms with E-state index in [4.69, 9.17) is 9.47 Å². The third-order valence-electron chi connectivity index (χ3n) is 7.00. The van der Waals surface area contributed by atoms with Crippen molar-refractivity contribution in [2.75, 3.05) is 19.8 Å². The van der Waals surface area contributed by atoms with Crippen LogP contribution in [0, 0.1) is 5.92 Å². The molecule has 2 aromatic rings. The maximum atomic E-state index is 13.4. The molecule has 0 fully saturated rings. The normalized spacial score (nSPS) is 22.4. The molecular weight excluding hydrogens is 484 g/mol. The summed E-state index contributed by atoms with van der Waals surface area (Å²) < 4.78 is 11.2. The molecule has 38 heavy (non-hydrogen) atoms. The van der Waals surface area contributed by atoms with Crippen molar-refractivity contribution in [3.05, 3.63) is 83.4 Å². The first-order chi connectivity index (χ1) is 18.5. The smallest absolute Gasteiger partial charge is 0.306 e. The van der Waals surface area contributed by atoms with Gasteiger partial charge >= 0.3 is 5.97 Å². The maximum Gasteiger partial charge on any atom is 0.306 e. The molecule has 3 atom stereocenters. The summed E-state index contributed by atoms with van der Waals surface area (Å²) in [5.41, 5.74) is 3.19. The van der Waals surface area contributed by atoms with Gasteiger partial charge in [0.05, 0.1) is 37.8 Å². The van der Waals surface area contributed by atoms with Gasteiger partial charge in [-0.3, -0.25) is 14.4 Å². The zero-order valence-corrected chi connectivity index (χ0v) is 21.6. The number of ether oxygens (including phenoxy) is 2. The summed E-state index contributed by atoms with van der Waals surface area (Å²) in [5, 5.41) is 12.9. The summed E-state index contributed by atoms with van der Waals surface area (Å²) in [6.07, 6.45) is 5.43. The van der Waals surface area contributed by atoms with Crippen LogP contribution < -0.4 is 5.32 Å². The number of carbonyl (C=O) groups is 3. The number of hydrogen-bond acceptors (Lipinski definition) is 6. The van der Waals surface area contributed by atoms with Gasteiger partial charge in [0, 0.05) is 19.4 Å². The van der Waals surface area contributed by atoms with Crippen molar-refractivity contribution in [2.45, 2.75) is 57.3 Å². The first-order valence-electron chi connectivity index (χ1n) is 13.2. The summed E-state index contributed by atoms with van der Waals surface area (Å²) in [4.78, 5) is 40.6. The van der Waals surface area contributed by atoms with Crippen LogP contribution in [0.25, 0.3) is 0 Å². The molecule has 4 rings (SSSR count). The van der Waals surface area contributed by atoms with E-state index in [1.165, 1.54) is 0 Å². The molecular formula is C30H36N2O6. The number of allylic oxidation sites excluding steroid dienone is 2. The number of hydrogen-bond donors (Lipinski definition) is 2. The van der Waals surface area contributed by atoms with Crippen LogP contribution in [0.15, 0.2) is 66.7 Å². The molecule has 2 amide bonds. The Morgan fingerprint density at radius 1 is 1.05 bits per heavy atom. The topological polar surface area (TPSA) is 105 Å². The standard InChI is InChI=1S/C30H36N2O6/c33-18-27-15-23-11-7-8-13-25(23)17-32(27)28(34)16-24-12-5-2-6-14-29(35)38-21-26(31-30(24)36)20-37-19-22-9-3-1-4-10-22/h1-5,7-11,13,24,26-27,33H,6,12,14-21H2,(H,31,36)/t24-,26+,27+/m1/s1. The lowest BCUT2D eigenvalue weighted by atomic mass is 9.92. The highest BCUT2D eigenvalue weighted by Crippen LogP contribution is 2.25. The molecule has 2 aromatic carbocycles. The number of amides is 2. The lowest BCUT2D eigenvalue weighted by molar-refractivity contribution is -0.146. The number of nitrogens with zero attached hydrogens (tertiary/aromatic N) is 1. The zero-order valence-electron chi connectivity index (χ0n) is 21.6. The summed E-state index contributed by atoms with van der Waals surface area (Å²) >= 11 is 0. The van der Waals surface area contributed by atoms with Crippen LogP contribution in [0.1, 0.15) is 42.4 Å². The summed E-state index contributed by atoms with van der Waals surface area (Å²) in [5.74, 6) is -1.37. The summed E-state index contributed by atoms with van der Waals surface area (Å²) in [6.45, 7) is 0.809. The Hall–Kier alpha value is -3.49. The minimum absolute atomic E-state index is 0.000755. The van der Waals surface area contributed by atoms with Gasteiger partial charge in [-0.05, 0) is 36.0 Å². The molecule has 202 valence electrons. The van der Waals surface area contributed by atoms with Crippen molar-refractivity contribution >= 4 is 17.8 Å². The van der Waals surface area contributed by atoms with Crippen molar-refractivity contribution in [2.24, 2.45) is 5.92 Å². The molecule has 2 aliphatic rings. The first-order valence-corrected chi connectivity index (χ1v) is 13.2. The molecule has 0 aliphatic carbocycles. The van der Waals surface area contributed by atoms with Crippen LogP contribution in [-0.4, -0.2) is 59.7 Å². The minimum atomic E-state index is -0.595. The Morgan fingerprint density at radius 2 is 1.82 bits per heavy atom. The molecule has 0 unspecified atom stereocenters. The lowest BCUT2D eigenvalue weighted by Crippen LogP contribution is -2.49. The first kappa shape index (κ1) is 27.5. The summed E-state index contributed by atoms with van der Waals surface area (Å²) in [6, 6.07) is 16.8. The van der Waals surface area contributed by atoms with Gasteiger partial charge in [-0.15, -0.1) is 0 Å². The van der Waals surface area contributed by atoms with Gasteiger partial charge in [0.2, 0.25) is 11.8 Å². The minimum Gasteiger partial charge on any atom is -0.463 e. The number of aliphatic hydroxyl groups is 1. The van der Waals surface area contributed by atoms with Gasteiger partial charge in [0.15, 0.2) is 0 Å². The monoisotopic (exact) mass is 520 g/mol. The van der Waals surface area contributed by atoms with Gasteiger partial charge in [-0.1, -0.05) is 66.7 Å². The number of fused-ring (bicyclic) bond motifs is 1. The second-order valence-corrected chi connectivity index (χ2v) is 9.87. The molecule has 0 radical (unpaired) electrons. The second-order valence-electron chi connectivity index (χ2n) is 9.87. The highest BCUT2D eigenvalue weighted by Gasteiger charge is 2.32. The average molecular weight is 521 g/mol. The number of esters is 1. The SMILES string of the molecule is O=C1CCC=CC[C@H](CC(=O)N2Cc3ccccc3C[C@H]2CO)C(=O)N[C@@H](COCc2ccccc2)CO1. The Balaban J connectivity index is 1.43. The Labute approximate surface area is 223 Å². The van der Waals surface area contributed by atoms with Crippen LogP contribution in [-0.2, 0) is 43.4 Å². The van der Waals surface area contributed by atoms with Gasteiger partial charge in [0.25, 0.3) is 0 Å². The fourth-order valence-corrected chi connectivity index (χ4v) is 4.84. The molecule has 0 saturated heterocycles. The molecule has 0 bridgehead atoms. The maximum absolute atomic E-state index is 13.4. The molecule has 2 N–H and O–H groups in total. The molecule has 0 aromatic heterocycles. The van der Waals surface area contributed by atoms with Crippen molar-refractivity contribution < 1.29 is 29.0 Å². The van der Waals surface area contributed by atoms with Crippen LogP contribution in [0.2, 0.25) is 0 Å². The fourth-order valence-electron chi connectivity index (χ4n) is 4.84. The van der Waals surface area contributed by atoms with E-state index in [1.54, 1.807) is 4.90 Å². The van der Waals surface area contributed by atoms with Crippen LogP contribution in [0.3, 0.4) is 0 Å². The van der Waals surface area contributed by atoms with Crippen LogP contribution in [0.4, 0.5) is 0 Å². The van der Waals surface area contributed by atoms with Crippen molar-refractivity contribution in [1.29, 1.82) is 0 Å². The van der Waals surface area contributed by atoms with E-state index >= 15 is 0 Å². The van der Waals surface area contributed by atoms with E-state index in [0.29, 0.717) is 32.4 Å². The second kappa shape index (κ2) is 13.9. The molecule has 8 heteroatoms. The molecule has 0 spiro atoms. The van der Waals surface area contributed by atoms with E-state index < -0.39 is 12.0 Å². The van der Waals surface area contributed by atoms with E-state index in [2.05, 4.69) is 5.32 Å². The highest BCUT2D eigenvalue weighted by atomic mass is 16.5. The van der Waals surface area contributed by atoms with Gasteiger partial charge in [0.1, 0.15) is 6.61 Å². The van der Waals surface area contributed by atoms with Crippen LogP contribution in [0.5, 0.6) is 0 Å². The van der Waals surface area contributed by atoms with E-state index in [9.17, 15) is 19.5 Å². The van der Waals surface area contributed by atoms with E-state index in [-0.39, 0.29) is 56.5 Å². The van der Waals surface area contributed by atoms with Gasteiger partial charge < -0.3 is 24.8 Å². The average Bonchev–Trinajstić information content (AvgIpc) is 2.94. The van der Waals surface area contributed by atoms with E-state index in [0.717, 1.165) is 16.7 Å². The highest BCUT2D eigenvalue weighted by molar-refractivity contribution is 5.86. The number of benzene rings is 2. The predicted octanol–water partition coefficient (Wildman–Crippen LogP) is 2.92. The number of carbonyl (C=O) groups excluding carboxylic acids is 3. The zero-order chi connectivity index (χ0) is 26.7. The number of cyclic esters (lactones) is 1. The van der Waals surface area contributed by atoms with Crippen molar-refractivity contribution in [3.63, 3.8) is 0 Å². The lowest BCUT2D eigenvalue weighted by Gasteiger charge is -2.36. The van der Waals surface area contributed by atoms with Crippen LogP contribution >= 0.6 is 0 Å². The van der Waals surface area contributed by atoms with Gasteiger partial charge in [-0.25, -0.2) is 0 Å². The number of rotatable bonds is 7. The van der Waals surface area contributed by atoms with Crippen molar-refractivity contribution in [3.8, 4) is 0 Å². The molecule has 0 saturated carbocycles. The quantitative estimate of drug-likeness (QED) is 0.430. The number of aliphatic hydroxyl groups excluding tert-OH is 1. The third kappa shape index (κ3) is 7.76. The van der Waals surface area contributed by atoms with Gasteiger partial charge in [-0.2, -0.15) is 0 Å². The van der Waals surface area contributed by atoms with E-state index in [1.807, 2.05) is 66.7 Å². The molecule has 8 nitrogen and oxygen atoms in total. The Kier molecular flexibility index (Phi) is 10.1. The fraction of sp³-hybridized carbons (Fsp3) is 0.433. The Morgan fingerprint density at radius 3 is 2.61 bits per heavy atom. The third-order valence-corrected chi connectivity index (χ3v) is 7.00. The molecule has 2 heterocycles. The predicted molar refractivity (Wildman–Crippen MR) is 142 cm³/mol. The summed E-state index contributed by atoms with van der Waals surface area (Å²) in [7, 11) is 0. The number of nitrogens with one attached hydrogen (secondary N) is 1. The molecule has 2 aliphatic heterocycles. The largest absolute Gasteiger partial charge is 0.463 e. The Bertz CT molecular complexity index is 1120. The van der Waals surface area contributed by atoms with Crippen molar-refractivity contribution in [1.82, 2.24) is 10.2 Å².